The largest absolute Gasteiger partial charge is 0.493 e. The number of nitrogens with one attached hydrogen (secondary N) is 1. The Kier molecular flexibility index (Phi) is 5.98. The molecule has 3 aromatic carbocycles. The van der Waals surface area contributed by atoms with E-state index >= 15 is 0 Å². The van der Waals surface area contributed by atoms with Crippen LogP contribution >= 0.6 is 11.6 Å². The maximum Gasteiger partial charge on any atom is 0.416 e. The van der Waals surface area contributed by atoms with Crippen molar-refractivity contribution in [1.29, 1.82) is 0 Å². The number of aromatic nitrogens is 1. The minimum absolute atomic E-state index is 0.225. The van der Waals surface area contributed by atoms with Crippen LogP contribution in [0.5, 0.6) is 17.2 Å². The second kappa shape index (κ2) is 9.11. The molecule has 0 bridgehead atoms. The van der Waals surface area contributed by atoms with Gasteiger partial charge in [0.05, 0.1) is 22.7 Å². The van der Waals surface area contributed by atoms with E-state index in [-0.39, 0.29) is 5.82 Å². The number of ether oxygens (including phenoxy) is 2. The Morgan fingerprint density at radius 2 is 1.83 bits per heavy atom. The van der Waals surface area contributed by atoms with Gasteiger partial charge in [-0.15, -0.1) is 0 Å². The van der Waals surface area contributed by atoms with Gasteiger partial charge in [0.2, 0.25) is 0 Å². The second-order valence-electron chi connectivity index (χ2n) is 8.02. The summed E-state index contributed by atoms with van der Waals surface area (Å²) in [4.78, 5) is 16.9. The molecule has 2 heterocycles. The number of nitrogens with zero attached hydrogens (tertiary/aromatic N) is 1. The summed E-state index contributed by atoms with van der Waals surface area (Å²) in [6.07, 6.45) is -2.59. The number of amides is 1. The van der Waals surface area contributed by atoms with E-state index < -0.39 is 17.6 Å². The standard InChI is InChI=1S/C26H18ClF3N2O3/c27-20-13-17-2-1-11-34-22(17)14-23(20)35-19-7-3-15(4-8-19)25(33)32-24-10-5-16-12-18(26(28,29)30)6-9-21(16)31-24/h3-10,12-14H,1-2,11H2,(H,31,32,33). The van der Waals surface area contributed by atoms with Gasteiger partial charge in [-0.3, -0.25) is 4.79 Å². The first-order valence-corrected chi connectivity index (χ1v) is 11.2. The van der Waals surface area contributed by atoms with Gasteiger partial charge in [-0.05, 0) is 79.1 Å². The molecule has 1 aliphatic rings. The smallest absolute Gasteiger partial charge is 0.416 e. The average Bonchev–Trinajstić information content (AvgIpc) is 2.84. The molecule has 0 aliphatic carbocycles. The molecular weight excluding hydrogens is 481 g/mol. The van der Waals surface area contributed by atoms with Crippen LogP contribution in [0.25, 0.3) is 10.9 Å². The summed E-state index contributed by atoms with van der Waals surface area (Å²) in [6.45, 7) is 0.651. The van der Waals surface area contributed by atoms with Crippen LogP contribution in [0.2, 0.25) is 5.02 Å². The fraction of sp³-hybridized carbons (Fsp3) is 0.154. The molecule has 0 radical (unpaired) electrons. The lowest BCUT2D eigenvalue weighted by Crippen LogP contribution is -2.13. The minimum atomic E-state index is -4.43. The fourth-order valence-corrected chi connectivity index (χ4v) is 4.01. The summed E-state index contributed by atoms with van der Waals surface area (Å²) >= 11 is 6.35. The molecule has 1 amide bonds. The van der Waals surface area contributed by atoms with Crippen LogP contribution < -0.4 is 14.8 Å². The Morgan fingerprint density at radius 3 is 2.60 bits per heavy atom. The number of benzene rings is 3. The topological polar surface area (TPSA) is 60.5 Å². The number of anilines is 1. The van der Waals surface area contributed by atoms with Crippen LogP contribution in [-0.4, -0.2) is 17.5 Å². The molecule has 4 aromatic rings. The number of hydrogen-bond acceptors (Lipinski definition) is 4. The first-order chi connectivity index (χ1) is 16.8. The van der Waals surface area contributed by atoms with Gasteiger partial charge in [-0.25, -0.2) is 4.98 Å². The van der Waals surface area contributed by atoms with Gasteiger partial charge < -0.3 is 14.8 Å². The van der Waals surface area contributed by atoms with Gasteiger partial charge in [0, 0.05) is 17.0 Å². The van der Waals surface area contributed by atoms with Crippen molar-refractivity contribution in [3.8, 4) is 17.2 Å². The Morgan fingerprint density at radius 1 is 1.03 bits per heavy atom. The summed E-state index contributed by atoms with van der Waals surface area (Å²) in [5.74, 6) is 1.50. The highest BCUT2D eigenvalue weighted by Gasteiger charge is 2.30. The zero-order valence-corrected chi connectivity index (χ0v) is 18.9. The van der Waals surface area contributed by atoms with E-state index in [4.69, 9.17) is 21.1 Å². The van der Waals surface area contributed by atoms with Crippen molar-refractivity contribution in [2.45, 2.75) is 19.0 Å². The average molecular weight is 499 g/mol. The minimum Gasteiger partial charge on any atom is -0.493 e. The van der Waals surface area contributed by atoms with Crippen molar-refractivity contribution in [3.63, 3.8) is 0 Å². The first kappa shape index (κ1) is 23.0. The highest BCUT2D eigenvalue weighted by Crippen LogP contribution is 2.37. The quantitative estimate of drug-likeness (QED) is 0.321. The number of aryl methyl sites for hydroxylation is 1. The van der Waals surface area contributed by atoms with E-state index in [0.717, 1.165) is 36.3 Å². The van der Waals surface area contributed by atoms with Crippen molar-refractivity contribution >= 4 is 34.2 Å². The molecule has 0 saturated carbocycles. The monoisotopic (exact) mass is 498 g/mol. The van der Waals surface area contributed by atoms with E-state index in [1.165, 1.54) is 18.2 Å². The predicted molar refractivity (Wildman–Crippen MR) is 126 cm³/mol. The molecule has 0 unspecified atom stereocenters. The summed E-state index contributed by atoms with van der Waals surface area (Å²) in [6, 6.07) is 16.2. The predicted octanol–water partition coefficient (Wildman–Crippen LogP) is 7.28. The van der Waals surface area contributed by atoms with Crippen LogP contribution in [0.4, 0.5) is 19.0 Å². The summed E-state index contributed by atoms with van der Waals surface area (Å²) < 4.78 is 50.2. The molecule has 0 fully saturated rings. The van der Waals surface area contributed by atoms with Crippen LogP contribution in [0.3, 0.4) is 0 Å². The molecule has 1 aliphatic heterocycles. The van der Waals surface area contributed by atoms with E-state index in [9.17, 15) is 18.0 Å². The Bertz CT molecular complexity index is 1420. The lowest BCUT2D eigenvalue weighted by atomic mass is 10.1. The van der Waals surface area contributed by atoms with Crippen LogP contribution in [0.15, 0.2) is 66.7 Å². The number of carbonyl (C=O) groups is 1. The number of fused-ring (bicyclic) bond motifs is 2. The molecular formula is C26H18ClF3N2O3. The summed E-state index contributed by atoms with van der Waals surface area (Å²) in [5, 5.41) is 3.45. The lowest BCUT2D eigenvalue weighted by Gasteiger charge is -2.19. The van der Waals surface area contributed by atoms with Crippen LogP contribution in [-0.2, 0) is 12.6 Å². The third kappa shape index (κ3) is 5.02. The number of carbonyl (C=O) groups excluding carboxylic acids is 1. The third-order valence-corrected chi connectivity index (χ3v) is 5.86. The molecule has 1 N–H and O–H groups in total. The van der Waals surface area contributed by atoms with Gasteiger partial charge >= 0.3 is 6.18 Å². The number of halogens is 4. The van der Waals surface area contributed by atoms with Gasteiger partial charge in [0.15, 0.2) is 0 Å². The number of pyridine rings is 1. The normalized spacial score (nSPS) is 13.1. The van der Waals surface area contributed by atoms with E-state index in [0.29, 0.717) is 39.6 Å². The maximum absolute atomic E-state index is 12.9. The van der Waals surface area contributed by atoms with Crippen molar-refractivity contribution in [2.75, 3.05) is 11.9 Å². The Labute approximate surface area is 203 Å². The lowest BCUT2D eigenvalue weighted by molar-refractivity contribution is -0.137. The summed E-state index contributed by atoms with van der Waals surface area (Å²) in [5.41, 5.74) is 0.982. The zero-order valence-electron chi connectivity index (χ0n) is 18.2. The number of rotatable bonds is 4. The third-order valence-electron chi connectivity index (χ3n) is 5.57. The van der Waals surface area contributed by atoms with Crippen molar-refractivity contribution < 1.29 is 27.4 Å². The van der Waals surface area contributed by atoms with Crippen molar-refractivity contribution in [1.82, 2.24) is 4.98 Å². The van der Waals surface area contributed by atoms with Crippen LogP contribution in [0.1, 0.15) is 27.9 Å². The Hall–Kier alpha value is -3.78. The SMILES string of the molecule is O=C(Nc1ccc2cc(C(F)(F)F)ccc2n1)c1ccc(Oc2cc3c(cc2Cl)CCCO3)cc1. The number of alkyl halides is 3. The molecule has 1 aromatic heterocycles. The van der Waals surface area contributed by atoms with E-state index in [2.05, 4.69) is 10.3 Å². The fourth-order valence-electron chi connectivity index (χ4n) is 3.79. The molecule has 5 rings (SSSR count). The van der Waals surface area contributed by atoms with Gasteiger partial charge in [0.25, 0.3) is 5.91 Å². The molecule has 178 valence electrons. The van der Waals surface area contributed by atoms with E-state index in [1.807, 2.05) is 6.07 Å². The molecule has 0 atom stereocenters. The number of hydrogen-bond donors (Lipinski definition) is 1. The van der Waals surface area contributed by atoms with Crippen LogP contribution in [0, 0.1) is 0 Å². The zero-order chi connectivity index (χ0) is 24.6. The van der Waals surface area contributed by atoms with Crippen molar-refractivity contribution in [2.24, 2.45) is 0 Å². The molecule has 5 nitrogen and oxygen atoms in total. The summed E-state index contributed by atoms with van der Waals surface area (Å²) in [7, 11) is 0. The van der Waals surface area contributed by atoms with E-state index in [1.54, 1.807) is 30.3 Å². The first-order valence-electron chi connectivity index (χ1n) is 10.8. The molecule has 0 saturated heterocycles. The van der Waals surface area contributed by atoms with Gasteiger partial charge in [0.1, 0.15) is 23.1 Å². The Balaban J connectivity index is 1.28. The highest BCUT2D eigenvalue weighted by atomic mass is 35.5. The van der Waals surface area contributed by atoms with Gasteiger partial charge in [-0.2, -0.15) is 13.2 Å². The molecule has 35 heavy (non-hydrogen) atoms. The second-order valence-corrected chi connectivity index (χ2v) is 8.43. The molecule has 9 heteroatoms. The van der Waals surface area contributed by atoms with Gasteiger partial charge in [-0.1, -0.05) is 11.6 Å². The highest BCUT2D eigenvalue weighted by molar-refractivity contribution is 6.32. The molecule has 0 spiro atoms. The van der Waals surface area contributed by atoms with Crippen molar-refractivity contribution in [3.05, 3.63) is 88.4 Å². The maximum atomic E-state index is 12.9.